The van der Waals surface area contributed by atoms with E-state index in [1.54, 1.807) is 10.6 Å². The summed E-state index contributed by atoms with van der Waals surface area (Å²) in [6.45, 7) is 3.79. The van der Waals surface area contributed by atoms with E-state index in [0.29, 0.717) is 17.2 Å². The number of carboxylic acid groups (broad SMARTS) is 1. The van der Waals surface area contributed by atoms with Crippen LogP contribution in [-0.4, -0.2) is 20.5 Å². The van der Waals surface area contributed by atoms with Crippen LogP contribution < -0.4 is 0 Å². The Balaban J connectivity index is 2.06. The van der Waals surface area contributed by atoms with Gasteiger partial charge in [-0.1, -0.05) is 18.2 Å². The van der Waals surface area contributed by atoms with Gasteiger partial charge in [0.15, 0.2) is 5.82 Å². The summed E-state index contributed by atoms with van der Waals surface area (Å²) in [5.74, 6) is -0.388. The van der Waals surface area contributed by atoms with E-state index >= 15 is 0 Å². The summed E-state index contributed by atoms with van der Waals surface area (Å²) in [4.78, 5) is 15.3. The average molecular weight is 294 g/mol. The minimum atomic E-state index is -0.980. The fourth-order valence-electron chi connectivity index (χ4n) is 2.18. The second kappa shape index (κ2) is 5.40. The van der Waals surface area contributed by atoms with Crippen molar-refractivity contribution in [1.29, 1.82) is 0 Å². The van der Waals surface area contributed by atoms with Crippen molar-refractivity contribution in [3.63, 3.8) is 0 Å². The Morgan fingerprint density at radius 2 is 1.95 bits per heavy atom. The molecular formula is C16H14N4O2. The van der Waals surface area contributed by atoms with Gasteiger partial charge in [0.25, 0.3) is 0 Å². The number of hydrogen-bond acceptors (Lipinski definition) is 4. The molecule has 0 spiro atoms. The zero-order valence-corrected chi connectivity index (χ0v) is 12.2. The first-order valence-corrected chi connectivity index (χ1v) is 6.75. The van der Waals surface area contributed by atoms with Crippen LogP contribution in [0.3, 0.4) is 0 Å². The van der Waals surface area contributed by atoms with Crippen LogP contribution >= 0.6 is 0 Å². The lowest BCUT2D eigenvalue weighted by atomic mass is 10.2. The van der Waals surface area contributed by atoms with Crippen molar-refractivity contribution in [2.75, 3.05) is 0 Å². The maximum absolute atomic E-state index is 11.0. The second-order valence-corrected chi connectivity index (χ2v) is 4.96. The predicted molar refractivity (Wildman–Crippen MR) is 82.2 cm³/mol. The molecule has 1 aromatic carbocycles. The van der Waals surface area contributed by atoms with Crippen LogP contribution in [0, 0.1) is 13.8 Å². The number of nitrogens with zero attached hydrogens (tertiary/aromatic N) is 4. The molecular weight excluding hydrogens is 280 g/mol. The zero-order valence-electron chi connectivity index (χ0n) is 12.2. The lowest BCUT2D eigenvalue weighted by Crippen LogP contribution is -1.97. The van der Waals surface area contributed by atoms with E-state index < -0.39 is 5.97 Å². The molecule has 6 heteroatoms. The molecule has 0 bridgehead atoms. The highest BCUT2D eigenvalue weighted by Crippen LogP contribution is 2.25. The van der Waals surface area contributed by atoms with Gasteiger partial charge >= 0.3 is 5.97 Å². The van der Waals surface area contributed by atoms with Crippen LogP contribution in [0.1, 0.15) is 21.6 Å². The highest BCUT2D eigenvalue weighted by molar-refractivity contribution is 5.88. The Labute approximate surface area is 126 Å². The van der Waals surface area contributed by atoms with Gasteiger partial charge in [0.2, 0.25) is 0 Å². The van der Waals surface area contributed by atoms with Gasteiger partial charge < -0.3 is 5.11 Å². The second-order valence-electron chi connectivity index (χ2n) is 4.96. The number of azo groups is 1. The number of hydrogen-bond donors (Lipinski definition) is 1. The Morgan fingerprint density at radius 3 is 2.68 bits per heavy atom. The van der Waals surface area contributed by atoms with Crippen molar-refractivity contribution in [2.24, 2.45) is 10.2 Å². The third-order valence-corrected chi connectivity index (χ3v) is 3.38. The summed E-state index contributed by atoms with van der Waals surface area (Å²) in [6, 6.07) is 10.7. The molecule has 0 saturated carbocycles. The lowest BCUT2D eigenvalue weighted by Gasteiger charge is -1.99. The Bertz CT molecular complexity index is 896. The summed E-state index contributed by atoms with van der Waals surface area (Å²) in [5, 5.41) is 17.6. The summed E-state index contributed by atoms with van der Waals surface area (Å²) in [5.41, 5.74) is 3.25. The quantitative estimate of drug-likeness (QED) is 0.739. The number of pyridine rings is 1. The molecule has 0 atom stereocenters. The summed E-state index contributed by atoms with van der Waals surface area (Å²) in [6.07, 6.45) is 1.64. The van der Waals surface area contributed by atoms with Gasteiger partial charge in [-0.3, -0.25) is 4.40 Å². The Kier molecular flexibility index (Phi) is 3.42. The number of aromatic nitrogens is 2. The first-order valence-electron chi connectivity index (χ1n) is 6.75. The number of imidazole rings is 1. The van der Waals surface area contributed by atoms with Crippen LogP contribution in [0.15, 0.2) is 52.8 Å². The molecule has 0 fully saturated rings. The maximum atomic E-state index is 11.0. The largest absolute Gasteiger partial charge is 0.478 e. The molecule has 0 radical (unpaired) electrons. The molecule has 2 aromatic heterocycles. The van der Waals surface area contributed by atoms with Gasteiger partial charge in [-0.15, -0.1) is 10.2 Å². The number of aryl methyl sites for hydroxylation is 2. The number of carboxylic acids is 1. The third kappa shape index (κ3) is 2.46. The van der Waals surface area contributed by atoms with E-state index in [0.717, 1.165) is 11.3 Å². The monoisotopic (exact) mass is 294 g/mol. The molecule has 0 aliphatic heterocycles. The zero-order chi connectivity index (χ0) is 15.7. The van der Waals surface area contributed by atoms with E-state index in [9.17, 15) is 4.79 Å². The third-order valence-electron chi connectivity index (χ3n) is 3.38. The molecule has 2 heterocycles. The van der Waals surface area contributed by atoms with Gasteiger partial charge in [0, 0.05) is 6.20 Å². The normalized spacial score (nSPS) is 11.4. The average Bonchev–Trinajstić information content (AvgIpc) is 2.81. The molecule has 3 rings (SSSR count). The van der Waals surface area contributed by atoms with Crippen molar-refractivity contribution in [1.82, 2.24) is 9.38 Å². The van der Waals surface area contributed by atoms with Gasteiger partial charge in [-0.2, -0.15) is 0 Å². The van der Waals surface area contributed by atoms with E-state index in [1.807, 2.05) is 38.1 Å². The lowest BCUT2D eigenvalue weighted by molar-refractivity contribution is 0.0697. The van der Waals surface area contributed by atoms with Crippen LogP contribution in [-0.2, 0) is 0 Å². The van der Waals surface area contributed by atoms with Crippen molar-refractivity contribution in [2.45, 2.75) is 13.8 Å². The standard InChI is InChI=1S/C16H14N4O2/c1-10-5-3-4-6-13(10)18-19-15-11(2)17-14-9-12(16(21)22)7-8-20(14)15/h3-9H,1-2H3,(H,21,22). The van der Waals surface area contributed by atoms with Crippen molar-refractivity contribution in [3.05, 3.63) is 59.4 Å². The highest BCUT2D eigenvalue weighted by atomic mass is 16.4. The SMILES string of the molecule is Cc1ccccc1N=Nc1c(C)nc2cc(C(=O)O)ccn12. The minimum Gasteiger partial charge on any atom is -0.478 e. The van der Waals surface area contributed by atoms with Crippen molar-refractivity contribution >= 4 is 23.1 Å². The van der Waals surface area contributed by atoms with E-state index in [4.69, 9.17) is 5.11 Å². The van der Waals surface area contributed by atoms with Gasteiger partial charge in [-0.25, -0.2) is 9.78 Å². The molecule has 0 unspecified atom stereocenters. The number of carbonyl (C=O) groups is 1. The molecule has 6 nitrogen and oxygen atoms in total. The Morgan fingerprint density at radius 1 is 1.18 bits per heavy atom. The molecule has 22 heavy (non-hydrogen) atoms. The summed E-state index contributed by atoms with van der Waals surface area (Å²) < 4.78 is 1.73. The van der Waals surface area contributed by atoms with Crippen LogP contribution in [0.25, 0.3) is 5.65 Å². The first kappa shape index (κ1) is 13.9. The fourth-order valence-corrected chi connectivity index (χ4v) is 2.18. The molecule has 0 amide bonds. The molecule has 1 N–H and O–H groups in total. The first-order chi connectivity index (χ1) is 10.6. The van der Waals surface area contributed by atoms with Crippen molar-refractivity contribution < 1.29 is 9.90 Å². The molecule has 0 aliphatic rings. The summed E-state index contributed by atoms with van der Waals surface area (Å²) in [7, 11) is 0. The van der Waals surface area contributed by atoms with Gasteiger partial charge in [0.1, 0.15) is 5.65 Å². The van der Waals surface area contributed by atoms with E-state index in [2.05, 4.69) is 15.2 Å². The van der Waals surface area contributed by atoms with Gasteiger partial charge in [-0.05, 0) is 37.6 Å². The number of aromatic carboxylic acids is 1. The van der Waals surface area contributed by atoms with Crippen molar-refractivity contribution in [3.8, 4) is 0 Å². The predicted octanol–water partition coefficient (Wildman–Crippen LogP) is 4.06. The number of fused-ring (bicyclic) bond motifs is 1. The maximum Gasteiger partial charge on any atom is 0.335 e. The number of rotatable bonds is 3. The molecule has 0 aliphatic carbocycles. The van der Waals surface area contributed by atoms with E-state index in [1.165, 1.54) is 12.1 Å². The van der Waals surface area contributed by atoms with Crippen LogP contribution in [0.5, 0.6) is 0 Å². The fraction of sp³-hybridized carbons (Fsp3) is 0.125. The smallest absolute Gasteiger partial charge is 0.335 e. The minimum absolute atomic E-state index is 0.194. The Hall–Kier alpha value is -3.02. The summed E-state index contributed by atoms with van der Waals surface area (Å²) >= 11 is 0. The molecule has 3 aromatic rings. The van der Waals surface area contributed by atoms with Crippen LogP contribution in [0.4, 0.5) is 11.5 Å². The molecule has 0 saturated heterocycles. The van der Waals surface area contributed by atoms with Crippen LogP contribution in [0.2, 0.25) is 0 Å². The van der Waals surface area contributed by atoms with E-state index in [-0.39, 0.29) is 5.56 Å². The highest BCUT2D eigenvalue weighted by Gasteiger charge is 2.11. The van der Waals surface area contributed by atoms with Gasteiger partial charge in [0.05, 0.1) is 16.9 Å². The number of benzene rings is 1. The molecule has 110 valence electrons. The topological polar surface area (TPSA) is 79.3 Å².